The largest absolute Gasteiger partial charge is 0.497 e. The van der Waals surface area contributed by atoms with E-state index < -0.39 is 0 Å². The summed E-state index contributed by atoms with van der Waals surface area (Å²) in [5, 5.41) is 9.07. The first kappa shape index (κ1) is 19.7. The van der Waals surface area contributed by atoms with Gasteiger partial charge in [-0.05, 0) is 62.3 Å². The molecule has 1 aliphatic heterocycles. The van der Waals surface area contributed by atoms with E-state index in [4.69, 9.17) is 9.47 Å². The molecule has 0 saturated carbocycles. The molecule has 0 aromatic heterocycles. The van der Waals surface area contributed by atoms with Crippen molar-refractivity contribution in [3.63, 3.8) is 0 Å². The second-order valence-corrected chi connectivity index (χ2v) is 6.59. The summed E-state index contributed by atoms with van der Waals surface area (Å²) in [5.74, 6) is 0.825. The summed E-state index contributed by atoms with van der Waals surface area (Å²) >= 11 is 0. The van der Waals surface area contributed by atoms with E-state index in [1.165, 1.54) is 0 Å². The first-order valence-electron chi connectivity index (χ1n) is 9.32. The SMILES string of the molecule is COc1cccc(NC(=O)COc2ccc(C(=O)NC3CCNCC3)cc2)c1. The standard InChI is InChI=1S/C21H25N3O4/c1-27-19-4-2-3-17(13-19)23-20(25)14-28-18-7-5-15(6-8-18)21(26)24-16-9-11-22-12-10-16/h2-8,13,16,22H,9-12,14H2,1H3,(H,23,25)(H,24,26). The van der Waals surface area contributed by atoms with Crippen LogP contribution in [0.5, 0.6) is 11.5 Å². The Morgan fingerprint density at radius 1 is 1.07 bits per heavy atom. The van der Waals surface area contributed by atoms with Gasteiger partial charge in [-0.25, -0.2) is 0 Å². The number of nitrogens with one attached hydrogen (secondary N) is 3. The van der Waals surface area contributed by atoms with E-state index in [9.17, 15) is 9.59 Å². The number of carbonyl (C=O) groups is 2. The third-order valence-corrected chi connectivity index (χ3v) is 4.51. The molecule has 7 heteroatoms. The van der Waals surface area contributed by atoms with Crippen molar-refractivity contribution in [1.29, 1.82) is 0 Å². The van der Waals surface area contributed by atoms with Crippen molar-refractivity contribution in [2.75, 3.05) is 32.1 Å². The number of amides is 2. The molecule has 1 fully saturated rings. The van der Waals surface area contributed by atoms with Crippen LogP contribution >= 0.6 is 0 Å². The lowest BCUT2D eigenvalue weighted by atomic mass is 10.1. The minimum Gasteiger partial charge on any atom is -0.497 e. The zero-order valence-electron chi connectivity index (χ0n) is 15.9. The Bertz CT molecular complexity index is 802. The molecule has 2 aromatic carbocycles. The van der Waals surface area contributed by atoms with Crippen molar-refractivity contribution in [1.82, 2.24) is 10.6 Å². The molecule has 7 nitrogen and oxygen atoms in total. The summed E-state index contributed by atoms with van der Waals surface area (Å²) in [6.07, 6.45) is 1.88. The minimum atomic E-state index is -0.277. The van der Waals surface area contributed by atoms with E-state index in [0.717, 1.165) is 25.9 Å². The van der Waals surface area contributed by atoms with Crippen molar-refractivity contribution < 1.29 is 19.1 Å². The van der Waals surface area contributed by atoms with Crippen molar-refractivity contribution in [2.24, 2.45) is 0 Å². The number of piperidine rings is 1. The van der Waals surface area contributed by atoms with Gasteiger partial charge in [0, 0.05) is 23.4 Å². The average Bonchev–Trinajstić information content (AvgIpc) is 2.73. The molecule has 28 heavy (non-hydrogen) atoms. The number of rotatable bonds is 7. The van der Waals surface area contributed by atoms with Gasteiger partial charge in [-0.15, -0.1) is 0 Å². The average molecular weight is 383 g/mol. The van der Waals surface area contributed by atoms with Crippen LogP contribution in [0.3, 0.4) is 0 Å². The first-order valence-corrected chi connectivity index (χ1v) is 9.32. The van der Waals surface area contributed by atoms with Crippen molar-refractivity contribution in [2.45, 2.75) is 18.9 Å². The molecule has 0 bridgehead atoms. The highest BCUT2D eigenvalue weighted by molar-refractivity contribution is 5.94. The fourth-order valence-corrected chi connectivity index (χ4v) is 2.98. The van der Waals surface area contributed by atoms with Crippen LogP contribution in [0.25, 0.3) is 0 Å². The molecule has 0 unspecified atom stereocenters. The van der Waals surface area contributed by atoms with E-state index >= 15 is 0 Å². The molecule has 148 valence electrons. The molecule has 0 atom stereocenters. The minimum absolute atomic E-state index is 0.0887. The van der Waals surface area contributed by atoms with Crippen molar-refractivity contribution >= 4 is 17.5 Å². The zero-order valence-corrected chi connectivity index (χ0v) is 15.9. The highest BCUT2D eigenvalue weighted by Crippen LogP contribution is 2.17. The number of methoxy groups -OCH3 is 1. The predicted octanol–water partition coefficient (Wildman–Crippen LogP) is 2.19. The molecule has 1 saturated heterocycles. The van der Waals surface area contributed by atoms with E-state index in [2.05, 4.69) is 16.0 Å². The number of ether oxygens (including phenoxy) is 2. The van der Waals surface area contributed by atoms with Crippen LogP contribution in [0, 0.1) is 0 Å². The zero-order chi connectivity index (χ0) is 19.8. The Morgan fingerprint density at radius 2 is 1.82 bits per heavy atom. The van der Waals surface area contributed by atoms with Gasteiger partial charge in [0.2, 0.25) is 0 Å². The molecule has 3 rings (SSSR count). The van der Waals surface area contributed by atoms with Crippen molar-refractivity contribution in [3.05, 3.63) is 54.1 Å². The van der Waals surface area contributed by atoms with Gasteiger partial charge in [-0.2, -0.15) is 0 Å². The van der Waals surface area contributed by atoms with Crippen LogP contribution in [0.15, 0.2) is 48.5 Å². The van der Waals surface area contributed by atoms with Gasteiger partial charge >= 0.3 is 0 Å². The number of hydrogen-bond donors (Lipinski definition) is 3. The van der Waals surface area contributed by atoms with Crippen LogP contribution in [0.1, 0.15) is 23.2 Å². The monoisotopic (exact) mass is 383 g/mol. The topological polar surface area (TPSA) is 88.7 Å². The third kappa shape index (κ3) is 5.72. The van der Waals surface area contributed by atoms with Gasteiger partial charge in [-0.1, -0.05) is 6.07 Å². The van der Waals surface area contributed by atoms with Crippen molar-refractivity contribution in [3.8, 4) is 11.5 Å². The third-order valence-electron chi connectivity index (χ3n) is 4.51. The Balaban J connectivity index is 1.47. The summed E-state index contributed by atoms with van der Waals surface area (Å²) in [5.41, 5.74) is 1.21. The summed E-state index contributed by atoms with van der Waals surface area (Å²) in [7, 11) is 1.57. The molecule has 0 radical (unpaired) electrons. The lowest BCUT2D eigenvalue weighted by Gasteiger charge is -2.23. The Labute approximate surface area is 164 Å². The smallest absolute Gasteiger partial charge is 0.262 e. The lowest BCUT2D eigenvalue weighted by Crippen LogP contribution is -2.42. The second-order valence-electron chi connectivity index (χ2n) is 6.59. The van der Waals surface area contributed by atoms with Gasteiger partial charge in [0.25, 0.3) is 11.8 Å². The lowest BCUT2D eigenvalue weighted by molar-refractivity contribution is -0.118. The second kappa shape index (κ2) is 9.75. The highest BCUT2D eigenvalue weighted by atomic mass is 16.5. The van der Waals surface area contributed by atoms with Gasteiger partial charge in [0.15, 0.2) is 6.61 Å². The molecule has 0 aliphatic carbocycles. The Hall–Kier alpha value is -3.06. The fraction of sp³-hybridized carbons (Fsp3) is 0.333. The molecule has 1 aliphatic rings. The van der Waals surface area contributed by atoms with Crippen LogP contribution < -0.4 is 25.4 Å². The van der Waals surface area contributed by atoms with E-state index in [1.807, 2.05) is 0 Å². The van der Waals surface area contributed by atoms with Gasteiger partial charge in [-0.3, -0.25) is 9.59 Å². The number of benzene rings is 2. The van der Waals surface area contributed by atoms with Crippen LogP contribution in [0.2, 0.25) is 0 Å². The normalized spacial score (nSPS) is 14.2. The molecule has 2 aromatic rings. The maximum absolute atomic E-state index is 12.3. The number of anilines is 1. The Kier molecular flexibility index (Phi) is 6.86. The predicted molar refractivity (Wildman–Crippen MR) is 107 cm³/mol. The molecule has 0 spiro atoms. The molecular formula is C21H25N3O4. The fourth-order valence-electron chi connectivity index (χ4n) is 2.98. The van der Waals surface area contributed by atoms with Crippen LogP contribution in [-0.2, 0) is 4.79 Å². The van der Waals surface area contributed by atoms with Gasteiger partial charge < -0.3 is 25.4 Å². The Morgan fingerprint density at radius 3 is 2.54 bits per heavy atom. The van der Waals surface area contributed by atoms with E-state index in [0.29, 0.717) is 22.7 Å². The van der Waals surface area contributed by atoms with E-state index in [-0.39, 0.29) is 24.5 Å². The van der Waals surface area contributed by atoms with E-state index in [1.54, 1.807) is 55.6 Å². The highest BCUT2D eigenvalue weighted by Gasteiger charge is 2.16. The van der Waals surface area contributed by atoms with Crippen LogP contribution in [0.4, 0.5) is 5.69 Å². The maximum atomic E-state index is 12.3. The van der Waals surface area contributed by atoms with Crippen LogP contribution in [-0.4, -0.2) is 44.7 Å². The molecular weight excluding hydrogens is 358 g/mol. The quantitative estimate of drug-likeness (QED) is 0.682. The molecule has 3 N–H and O–H groups in total. The summed E-state index contributed by atoms with van der Waals surface area (Å²) < 4.78 is 10.6. The summed E-state index contributed by atoms with van der Waals surface area (Å²) in [6.45, 7) is 1.73. The molecule has 1 heterocycles. The first-order chi connectivity index (χ1) is 13.6. The summed E-state index contributed by atoms with van der Waals surface area (Å²) in [6, 6.07) is 14.1. The summed E-state index contributed by atoms with van der Waals surface area (Å²) in [4.78, 5) is 24.3. The van der Waals surface area contributed by atoms with Gasteiger partial charge in [0.1, 0.15) is 11.5 Å². The van der Waals surface area contributed by atoms with Gasteiger partial charge in [0.05, 0.1) is 7.11 Å². The molecule has 2 amide bonds. The number of carbonyl (C=O) groups excluding carboxylic acids is 2. The maximum Gasteiger partial charge on any atom is 0.262 e. The number of hydrogen-bond acceptors (Lipinski definition) is 5.